The Balaban J connectivity index is 1.51. The van der Waals surface area contributed by atoms with Crippen LogP contribution in [-0.2, 0) is 12.7 Å². The van der Waals surface area contributed by atoms with Gasteiger partial charge in [0.15, 0.2) is 0 Å². The topological polar surface area (TPSA) is 33.1 Å². The second-order valence-electron chi connectivity index (χ2n) is 9.59. The van der Waals surface area contributed by atoms with Crippen LogP contribution in [-0.4, -0.2) is 33.7 Å². The Hall–Kier alpha value is -2.70. The Bertz CT molecular complexity index is 1150. The average Bonchev–Trinajstić information content (AvgIpc) is 2.83. The molecule has 0 radical (unpaired) electrons. The van der Waals surface area contributed by atoms with Gasteiger partial charge in [0.25, 0.3) is 0 Å². The maximum absolute atomic E-state index is 13.1. The van der Waals surface area contributed by atoms with E-state index in [1.807, 2.05) is 36.4 Å². The van der Waals surface area contributed by atoms with Crippen LogP contribution < -0.4 is 0 Å². The number of hydrogen-bond donors (Lipinski definition) is 1. The first-order valence-electron chi connectivity index (χ1n) is 11.5. The zero-order valence-corrected chi connectivity index (χ0v) is 18.4. The molecule has 3 saturated heterocycles. The lowest BCUT2D eigenvalue weighted by Gasteiger charge is -2.58. The van der Waals surface area contributed by atoms with Crippen LogP contribution in [0.2, 0.25) is 0 Å². The van der Waals surface area contributed by atoms with Gasteiger partial charge in [-0.3, -0.25) is 4.98 Å². The number of aromatic nitrogens is 1. The number of quaternary nitrogens is 1. The standard InChI is InChI=1S/C27H28F3N2O/c1-2-19-17-32(16-18-7-9-21(10-8-18)27(28,29)30)14-12-20(19)15-25(32)26(33)23-11-13-31-24-6-4-3-5-22(23)24/h2-11,13,19-20,25-26,33H,1,12,14-17H2/q+1/t19-,20?,25+,26-,32?/m0/s1. The monoisotopic (exact) mass is 453 g/mol. The van der Waals surface area contributed by atoms with E-state index in [4.69, 9.17) is 0 Å². The number of halogens is 3. The molecule has 172 valence electrons. The maximum Gasteiger partial charge on any atom is 0.416 e. The van der Waals surface area contributed by atoms with E-state index in [2.05, 4.69) is 11.6 Å². The van der Waals surface area contributed by atoms with Gasteiger partial charge in [0.2, 0.25) is 0 Å². The third-order valence-corrected chi connectivity index (χ3v) is 7.82. The molecule has 3 aromatic rings. The number of fused-ring (bicyclic) bond motifs is 4. The summed E-state index contributed by atoms with van der Waals surface area (Å²) in [6, 6.07) is 15.2. The summed E-state index contributed by atoms with van der Waals surface area (Å²) in [7, 11) is 0. The molecule has 0 saturated carbocycles. The Kier molecular flexibility index (Phi) is 5.53. The second kappa shape index (κ2) is 8.26. The lowest BCUT2D eigenvalue weighted by atomic mass is 9.71. The van der Waals surface area contributed by atoms with Crippen molar-refractivity contribution in [3.63, 3.8) is 0 Å². The number of aliphatic hydroxyl groups excluding tert-OH is 1. The molecule has 0 aliphatic carbocycles. The van der Waals surface area contributed by atoms with E-state index in [9.17, 15) is 18.3 Å². The average molecular weight is 454 g/mol. The molecule has 5 atom stereocenters. The molecule has 2 bridgehead atoms. The van der Waals surface area contributed by atoms with Gasteiger partial charge in [0, 0.05) is 35.9 Å². The minimum absolute atomic E-state index is 0.0342. The molecular formula is C27H28F3N2O+. The van der Waals surface area contributed by atoms with Crippen LogP contribution in [0.15, 0.2) is 73.4 Å². The third-order valence-electron chi connectivity index (χ3n) is 7.82. The molecule has 33 heavy (non-hydrogen) atoms. The quantitative estimate of drug-likeness (QED) is 0.386. The van der Waals surface area contributed by atoms with Gasteiger partial charge in [0.05, 0.1) is 24.2 Å². The van der Waals surface area contributed by atoms with Crippen molar-refractivity contribution < 1.29 is 22.8 Å². The van der Waals surface area contributed by atoms with Crippen molar-refractivity contribution in [2.24, 2.45) is 11.8 Å². The van der Waals surface area contributed by atoms with E-state index in [-0.39, 0.29) is 6.04 Å². The smallest absolute Gasteiger partial charge is 0.382 e. The highest BCUT2D eigenvalue weighted by atomic mass is 19.4. The molecule has 4 heterocycles. The van der Waals surface area contributed by atoms with Crippen LogP contribution >= 0.6 is 0 Å². The van der Waals surface area contributed by atoms with Gasteiger partial charge in [-0.1, -0.05) is 36.4 Å². The molecule has 1 aromatic heterocycles. The third kappa shape index (κ3) is 3.96. The minimum atomic E-state index is -4.34. The summed E-state index contributed by atoms with van der Waals surface area (Å²) < 4.78 is 39.8. The number of rotatable bonds is 5. The second-order valence-corrected chi connectivity index (χ2v) is 9.59. The van der Waals surface area contributed by atoms with Gasteiger partial charge < -0.3 is 9.59 Å². The predicted molar refractivity (Wildman–Crippen MR) is 122 cm³/mol. The van der Waals surface area contributed by atoms with Crippen molar-refractivity contribution in [2.75, 3.05) is 13.1 Å². The fourth-order valence-electron chi connectivity index (χ4n) is 6.13. The number of pyridine rings is 1. The van der Waals surface area contributed by atoms with Crippen LogP contribution in [0, 0.1) is 11.8 Å². The van der Waals surface area contributed by atoms with Crippen LogP contribution in [0.25, 0.3) is 10.9 Å². The van der Waals surface area contributed by atoms with Crippen LogP contribution in [0.1, 0.15) is 35.6 Å². The number of benzene rings is 2. The predicted octanol–water partition coefficient (Wildman–Crippen LogP) is 5.90. The lowest BCUT2D eigenvalue weighted by Crippen LogP contribution is -2.67. The molecule has 2 aromatic carbocycles. The first kappa shape index (κ1) is 22.1. The summed E-state index contributed by atoms with van der Waals surface area (Å²) in [6.07, 6.45) is 0.648. The van der Waals surface area contributed by atoms with Crippen LogP contribution in [0.5, 0.6) is 0 Å². The zero-order chi connectivity index (χ0) is 23.2. The van der Waals surface area contributed by atoms with E-state index in [0.717, 1.165) is 60.1 Å². The number of piperidine rings is 3. The van der Waals surface area contributed by atoms with E-state index >= 15 is 0 Å². The van der Waals surface area contributed by atoms with Crippen molar-refractivity contribution >= 4 is 10.9 Å². The summed E-state index contributed by atoms with van der Waals surface area (Å²) in [5, 5.41) is 12.6. The number of para-hydroxylation sites is 1. The Labute approximate surface area is 191 Å². The van der Waals surface area contributed by atoms with Gasteiger partial charge in [0.1, 0.15) is 18.7 Å². The molecule has 3 aliphatic heterocycles. The van der Waals surface area contributed by atoms with Crippen molar-refractivity contribution in [2.45, 2.75) is 37.7 Å². The van der Waals surface area contributed by atoms with E-state index in [1.165, 1.54) is 0 Å². The van der Waals surface area contributed by atoms with Crippen molar-refractivity contribution in [3.05, 3.63) is 90.1 Å². The van der Waals surface area contributed by atoms with E-state index in [0.29, 0.717) is 22.9 Å². The van der Waals surface area contributed by atoms with Crippen LogP contribution in [0.3, 0.4) is 0 Å². The van der Waals surface area contributed by atoms with Crippen molar-refractivity contribution in [1.82, 2.24) is 4.98 Å². The van der Waals surface area contributed by atoms with E-state index in [1.54, 1.807) is 18.3 Å². The minimum Gasteiger partial charge on any atom is -0.382 e. The van der Waals surface area contributed by atoms with Gasteiger partial charge in [-0.25, -0.2) is 0 Å². The van der Waals surface area contributed by atoms with E-state index < -0.39 is 17.8 Å². The molecule has 3 nitrogen and oxygen atoms in total. The van der Waals surface area contributed by atoms with Gasteiger partial charge >= 0.3 is 6.18 Å². The molecule has 6 heteroatoms. The molecule has 1 N–H and O–H groups in total. The molecule has 3 aliphatic rings. The summed E-state index contributed by atoms with van der Waals surface area (Å²) in [6.45, 7) is 6.39. The summed E-state index contributed by atoms with van der Waals surface area (Å²) in [5.74, 6) is 0.827. The maximum atomic E-state index is 13.1. The molecule has 0 spiro atoms. The first-order valence-corrected chi connectivity index (χ1v) is 11.5. The van der Waals surface area contributed by atoms with Crippen LogP contribution in [0.4, 0.5) is 13.2 Å². The highest BCUT2D eigenvalue weighted by molar-refractivity contribution is 5.82. The SMILES string of the molecule is C=C[C@H]1C[N+]2(Cc3ccc(C(F)(F)F)cc3)CCC1C[C@@H]2[C@@H](O)c1ccnc2ccccc12. The number of hydrogen-bond acceptors (Lipinski definition) is 2. The molecule has 0 amide bonds. The highest BCUT2D eigenvalue weighted by Crippen LogP contribution is 2.48. The highest BCUT2D eigenvalue weighted by Gasteiger charge is 2.54. The normalized spacial score (nSPS) is 28.1. The van der Waals surface area contributed by atoms with Gasteiger partial charge in [-0.05, 0) is 35.7 Å². The van der Waals surface area contributed by atoms with Crippen molar-refractivity contribution in [1.29, 1.82) is 0 Å². The lowest BCUT2D eigenvalue weighted by molar-refractivity contribution is -0.984. The number of aliphatic hydroxyl groups is 1. The number of nitrogens with zero attached hydrogens (tertiary/aromatic N) is 2. The molecular weight excluding hydrogens is 425 g/mol. The summed E-state index contributed by atoms with van der Waals surface area (Å²) >= 11 is 0. The Morgan fingerprint density at radius 1 is 1.12 bits per heavy atom. The molecule has 2 unspecified atom stereocenters. The number of alkyl halides is 3. The fourth-order valence-corrected chi connectivity index (χ4v) is 6.13. The largest absolute Gasteiger partial charge is 0.416 e. The Morgan fingerprint density at radius 3 is 2.61 bits per heavy atom. The van der Waals surface area contributed by atoms with Gasteiger partial charge in [-0.2, -0.15) is 13.2 Å². The molecule has 6 rings (SSSR count). The van der Waals surface area contributed by atoms with Crippen molar-refractivity contribution in [3.8, 4) is 0 Å². The fraction of sp³-hybridized carbons (Fsp3) is 0.370. The summed E-state index contributed by atoms with van der Waals surface area (Å²) in [4.78, 5) is 4.43. The van der Waals surface area contributed by atoms with Gasteiger partial charge in [-0.15, -0.1) is 6.58 Å². The zero-order valence-electron chi connectivity index (χ0n) is 18.4. The Morgan fingerprint density at radius 2 is 1.88 bits per heavy atom. The molecule has 3 fully saturated rings. The summed E-state index contributed by atoms with van der Waals surface area (Å²) in [5.41, 5.74) is 1.96. The first-order chi connectivity index (χ1) is 15.8.